The predicted octanol–water partition coefficient (Wildman–Crippen LogP) is 3.92. The quantitative estimate of drug-likeness (QED) is 0.527. The Kier molecular flexibility index (Phi) is 5.94. The number of alkyl halides is 2. The van der Waals surface area contributed by atoms with Gasteiger partial charge in [0.15, 0.2) is 0 Å². The Morgan fingerprint density at radius 1 is 1.03 bits per heavy atom. The van der Waals surface area contributed by atoms with E-state index in [0.717, 1.165) is 22.3 Å². The summed E-state index contributed by atoms with van der Waals surface area (Å²) >= 11 is 0. The van der Waals surface area contributed by atoms with E-state index in [1.54, 1.807) is 0 Å². The molecule has 2 aromatic carbocycles. The Bertz CT molecular complexity index is 1130. The number of carbonyl (C=O) groups is 3. The van der Waals surface area contributed by atoms with Gasteiger partial charge in [0.25, 0.3) is 0 Å². The van der Waals surface area contributed by atoms with E-state index in [-0.39, 0.29) is 24.5 Å². The highest BCUT2D eigenvalue weighted by Gasteiger charge is 2.65. The van der Waals surface area contributed by atoms with Crippen molar-refractivity contribution >= 4 is 18.0 Å². The Morgan fingerprint density at radius 2 is 1.66 bits per heavy atom. The first-order chi connectivity index (χ1) is 16.8. The van der Waals surface area contributed by atoms with Crippen LogP contribution >= 0.6 is 0 Å². The zero-order valence-electron chi connectivity index (χ0n) is 18.9. The van der Waals surface area contributed by atoms with E-state index in [1.165, 1.54) is 0 Å². The molecular formula is C26H26F2N2O5. The molecule has 2 fully saturated rings. The van der Waals surface area contributed by atoms with Gasteiger partial charge in [0.1, 0.15) is 12.6 Å². The third-order valence-electron chi connectivity index (χ3n) is 7.55. The highest BCUT2D eigenvalue weighted by molar-refractivity contribution is 5.90. The molecule has 4 atom stereocenters. The maximum absolute atomic E-state index is 12.7. The molecule has 3 N–H and O–H groups in total. The lowest BCUT2D eigenvalue weighted by molar-refractivity contribution is -0.144. The van der Waals surface area contributed by atoms with Crippen LogP contribution in [-0.2, 0) is 14.3 Å². The van der Waals surface area contributed by atoms with Crippen molar-refractivity contribution in [2.24, 2.45) is 11.3 Å². The molecule has 2 aromatic rings. The fraction of sp³-hybridized carbons (Fsp3) is 0.423. The Morgan fingerprint density at radius 3 is 2.26 bits per heavy atom. The summed E-state index contributed by atoms with van der Waals surface area (Å²) in [6.45, 7) is 0.176. The molecular weight excluding hydrogens is 458 g/mol. The van der Waals surface area contributed by atoms with Gasteiger partial charge in [-0.25, -0.2) is 18.4 Å². The maximum Gasteiger partial charge on any atom is 0.407 e. The average molecular weight is 484 g/mol. The number of carboxylic acids is 1. The van der Waals surface area contributed by atoms with Crippen LogP contribution in [-0.4, -0.2) is 48.2 Å². The number of carbonyl (C=O) groups excluding carboxylic acids is 2. The SMILES string of the molecule is O=C(NC1CC2CC2(C(=O)NC(CC(F)F)C(=O)O)C1)OCC1c2ccccc2-c2ccccc21. The van der Waals surface area contributed by atoms with Gasteiger partial charge in [-0.05, 0) is 47.4 Å². The Labute approximate surface area is 200 Å². The Balaban J connectivity index is 1.16. The number of fused-ring (bicyclic) bond motifs is 4. The topological polar surface area (TPSA) is 105 Å². The lowest BCUT2D eigenvalue weighted by atomic mass is 9.98. The third kappa shape index (κ3) is 4.35. The van der Waals surface area contributed by atoms with Gasteiger partial charge in [-0.15, -0.1) is 0 Å². The fourth-order valence-electron chi connectivity index (χ4n) is 5.80. The van der Waals surface area contributed by atoms with Crippen molar-refractivity contribution in [2.75, 3.05) is 6.61 Å². The second kappa shape index (κ2) is 8.94. The van der Waals surface area contributed by atoms with Gasteiger partial charge >= 0.3 is 12.1 Å². The van der Waals surface area contributed by atoms with Crippen molar-refractivity contribution in [1.82, 2.24) is 10.6 Å². The summed E-state index contributed by atoms with van der Waals surface area (Å²) in [4.78, 5) is 36.5. The van der Waals surface area contributed by atoms with Crippen LogP contribution in [0.4, 0.5) is 13.6 Å². The minimum atomic E-state index is -2.84. The molecule has 184 valence electrons. The van der Waals surface area contributed by atoms with Crippen LogP contribution in [0.2, 0.25) is 0 Å². The van der Waals surface area contributed by atoms with Crippen molar-refractivity contribution in [3.8, 4) is 11.1 Å². The summed E-state index contributed by atoms with van der Waals surface area (Å²) in [5, 5.41) is 14.2. The molecule has 3 aliphatic carbocycles. The second-order valence-corrected chi connectivity index (χ2v) is 9.65. The summed E-state index contributed by atoms with van der Waals surface area (Å²) in [5.74, 6) is -2.10. The van der Waals surface area contributed by atoms with Crippen LogP contribution in [0.25, 0.3) is 11.1 Å². The zero-order chi connectivity index (χ0) is 24.7. The number of benzene rings is 2. The average Bonchev–Trinajstić information content (AvgIpc) is 3.25. The lowest BCUT2D eigenvalue weighted by Gasteiger charge is -2.21. The molecule has 9 heteroatoms. The van der Waals surface area contributed by atoms with Crippen LogP contribution in [0.1, 0.15) is 42.7 Å². The van der Waals surface area contributed by atoms with E-state index < -0.39 is 42.3 Å². The highest BCUT2D eigenvalue weighted by Crippen LogP contribution is 2.63. The normalized spacial score (nSPS) is 24.8. The number of hydrogen-bond donors (Lipinski definition) is 3. The van der Waals surface area contributed by atoms with Gasteiger partial charge in [0.05, 0.1) is 5.41 Å². The van der Waals surface area contributed by atoms with Crippen molar-refractivity contribution in [3.63, 3.8) is 0 Å². The van der Waals surface area contributed by atoms with Crippen LogP contribution in [0.15, 0.2) is 48.5 Å². The van der Waals surface area contributed by atoms with E-state index in [1.807, 2.05) is 36.4 Å². The number of hydrogen-bond acceptors (Lipinski definition) is 4. The van der Waals surface area contributed by atoms with E-state index >= 15 is 0 Å². The van der Waals surface area contributed by atoms with E-state index in [2.05, 4.69) is 22.8 Å². The van der Waals surface area contributed by atoms with Gasteiger partial charge in [-0.2, -0.15) is 0 Å². The molecule has 0 spiro atoms. The molecule has 0 aromatic heterocycles. The van der Waals surface area contributed by atoms with E-state index in [4.69, 9.17) is 9.84 Å². The summed E-state index contributed by atoms with van der Waals surface area (Å²) in [7, 11) is 0. The minimum absolute atomic E-state index is 0.0117. The Hall–Kier alpha value is -3.49. The standard InChI is InChI=1S/C26H26F2N2O5/c27-22(28)10-21(23(31)32)30-24(33)26-11-14(26)9-15(12-26)29-25(34)35-13-20-18-7-3-1-5-16(18)17-6-2-4-8-19(17)20/h1-8,14-15,20-22H,9-13H2,(H,29,34)(H,30,33)(H,31,32). The molecule has 5 rings (SSSR count). The molecule has 35 heavy (non-hydrogen) atoms. The number of nitrogens with one attached hydrogen (secondary N) is 2. The minimum Gasteiger partial charge on any atom is -0.480 e. The molecule has 0 aliphatic heterocycles. The first kappa shape index (κ1) is 23.3. The monoisotopic (exact) mass is 484 g/mol. The molecule has 2 amide bonds. The number of aliphatic carboxylic acids is 1. The molecule has 2 saturated carbocycles. The molecule has 0 saturated heterocycles. The summed E-state index contributed by atoms with van der Waals surface area (Å²) < 4.78 is 30.9. The largest absolute Gasteiger partial charge is 0.480 e. The van der Waals surface area contributed by atoms with Gasteiger partial charge in [0.2, 0.25) is 12.3 Å². The number of carboxylic acid groups (broad SMARTS) is 1. The number of ether oxygens (including phenoxy) is 1. The smallest absolute Gasteiger partial charge is 0.407 e. The second-order valence-electron chi connectivity index (χ2n) is 9.65. The molecule has 3 aliphatic rings. The molecule has 0 radical (unpaired) electrons. The van der Waals surface area contributed by atoms with Crippen LogP contribution < -0.4 is 10.6 Å². The van der Waals surface area contributed by atoms with Crippen molar-refractivity contribution in [1.29, 1.82) is 0 Å². The van der Waals surface area contributed by atoms with Gasteiger partial charge in [0, 0.05) is 18.4 Å². The van der Waals surface area contributed by atoms with E-state index in [0.29, 0.717) is 19.3 Å². The van der Waals surface area contributed by atoms with Gasteiger partial charge < -0.3 is 20.5 Å². The van der Waals surface area contributed by atoms with Crippen molar-refractivity contribution in [3.05, 3.63) is 59.7 Å². The molecule has 0 bridgehead atoms. The summed E-state index contributed by atoms with van der Waals surface area (Å²) in [5.41, 5.74) is 3.67. The highest BCUT2D eigenvalue weighted by atomic mass is 19.3. The zero-order valence-corrected chi connectivity index (χ0v) is 18.9. The van der Waals surface area contributed by atoms with Crippen LogP contribution in [0.3, 0.4) is 0 Å². The number of alkyl carbamates (subject to hydrolysis) is 1. The molecule has 7 nitrogen and oxygen atoms in total. The van der Waals surface area contributed by atoms with E-state index in [9.17, 15) is 23.2 Å². The first-order valence-corrected chi connectivity index (χ1v) is 11.7. The van der Waals surface area contributed by atoms with Gasteiger partial charge in [-0.1, -0.05) is 48.5 Å². The van der Waals surface area contributed by atoms with Gasteiger partial charge in [-0.3, -0.25) is 4.79 Å². The number of amides is 2. The fourth-order valence-corrected chi connectivity index (χ4v) is 5.80. The number of rotatable bonds is 8. The summed E-state index contributed by atoms with van der Waals surface area (Å²) in [6, 6.07) is 14.1. The third-order valence-corrected chi connectivity index (χ3v) is 7.55. The van der Waals surface area contributed by atoms with Crippen LogP contribution in [0, 0.1) is 11.3 Å². The predicted molar refractivity (Wildman–Crippen MR) is 122 cm³/mol. The maximum atomic E-state index is 12.7. The first-order valence-electron chi connectivity index (χ1n) is 11.7. The lowest BCUT2D eigenvalue weighted by Crippen LogP contribution is -2.46. The van der Waals surface area contributed by atoms with Crippen molar-refractivity contribution in [2.45, 2.75) is 50.1 Å². The number of halogens is 2. The van der Waals surface area contributed by atoms with Crippen LogP contribution in [0.5, 0.6) is 0 Å². The molecule has 0 heterocycles. The van der Waals surface area contributed by atoms with Crippen molar-refractivity contribution < 1.29 is 33.0 Å². The molecule has 4 unspecified atom stereocenters. The summed E-state index contributed by atoms with van der Waals surface area (Å²) in [6.07, 6.45) is -2.91.